The third kappa shape index (κ3) is 2.99. The Balaban J connectivity index is 1.58. The number of aliphatic hydroxyl groups excluding tert-OH is 2. The van der Waals surface area contributed by atoms with Gasteiger partial charge in [0.25, 0.3) is 0 Å². The van der Waals surface area contributed by atoms with Crippen LogP contribution in [0.2, 0.25) is 0 Å². The topological polar surface area (TPSA) is 109 Å². The zero-order chi connectivity index (χ0) is 18.1. The fraction of sp³-hybridized carbons (Fsp3) is 0.412. The van der Waals surface area contributed by atoms with Crippen molar-refractivity contribution in [3.8, 4) is 0 Å². The molecule has 136 valence electrons. The molecule has 26 heavy (non-hydrogen) atoms. The van der Waals surface area contributed by atoms with E-state index in [1.807, 2.05) is 0 Å². The summed E-state index contributed by atoms with van der Waals surface area (Å²) in [7, 11) is 0. The molecule has 0 bridgehead atoms. The predicted octanol–water partition coefficient (Wildman–Crippen LogP) is 1.28. The van der Waals surface area contributed by atoms with Crippen LogP contribution in [-0.4, -0.2) is 47.9 Å². The first-order valence-electron chi connectivity index (χ1n) is 8.49. The third-order valence-corrected chi connectivity index (χ3v) is 4.88. The van der Waals surface area contributed by atoms with Crippen LogP contribution in [0.5, 0.6) is 0 Å². The number of aromatic nitrogens is 5. The molecule has 2 heterocycles. The van der Waals surface area contributed by atoms with Gasteiger partial charge in [-0.15, -0.1) is 5.10 Å². The van der Waals surface area contributed by atoms with Gasteiger partial charge in [-0.3, -0.25) is 0 Å². The van der Waals surface area contributed by atoms with Crippen LogP contribution in [0.4, 0.5) is 10.2 Å². The second kappa shape index (κ2) is 6.93. The Bertz CT molecular complexity index is 917. The summed E-state index contributed by atoms with van der Waals surface area (Å²) in [6.07, 6.45) is 1.94. The van der Waals surface area contributed by atoms with E-state index in [9.17, 15) is 14.6 Å². The fourth-order valence-electron chi connectivity index (χ4n) is 3.43. The molecule has 0 saturated heterocycles. The third-order valence-electron chi connectivity index (χ3n) is 4.88. The lowest BCUT2D eigenvalue weighted by atomic mass is 10.1. The molecule has 0 radical (unpaired) electrons. The van der Waals surface area contributed by atoms with Crippen LogP contribution in [0.15, 0.2) is 30.6 Å². The molecule has 0 aliphatic heterocycles. The first kappa shape index (κ1) is 16.8. The molecule has 0 amide bonds. The highest BCUT2D eigenvalue weighted by atomic mass is 19.1. The minimum absolute atomic E-state index is 0.0608. The Morgan fingerprint density at radius 3 is 2.85 bits per heavy atom. The first-order chi connectivity index (χ1) is 12.7. The maximum Gasteiger partial charge on any atom is 0.184 e. The molecule has 0 spiro atoms. The molecule has 1 fully saturated rings. The minimum atomic E-state index is -0.565. The van der Waals surface area contributed by atoms with Gasteiger partial charge in [0.1, 0.15) is 12.1 Å². The van der Waals surface area contributed by atoms with Gasteiger partial charge < -0.3 is 15.5 Å². The van der Waals surface area contributed by atoms with Crippen LogP contribution < -0.4 is 5.32 Å². The number of rotatable bonds is 5. The predicted molar refractivity (Wildman–Crippen MR) is 91.7 cm³/mol. The highest BCUT2D eigenvalue weighted by molar-refractivity contribution is 5.81. The van der Waals surface area contributed by atoms with Crippen molar-refractivity contribution in [2.24, 2.45) is 5.92 Å². The zero-order valence-corrected chi connectivity index (χ0v) is 14.0. The summed E-state index contributed by atoms with van der Waals surface area (Å²) in [6.45, 7) is 0.203. The van der Waals surface area contributed by atoms with Crippen molar-refractivity contribution in [1.29, 1.82) is 0 Å². The molecule has 3 aromatic rings. The minimum Gasteiger partial charge on any atom is -0.396 e. The molecule has 3 N–H and O–H groups in total. The molecule has 1 aromatic carbocycles. The van der Waals surface area contributed by atoms with Crippen LogP contribution in [0.25, 0.3) is 11.2 Å². The second-order valence-electron chi connectivity index (χ2n) is 6.51. The van der Waals surface area contributed by atoms with E-state index >= 15 is 0 Å². The lowest BCUT2D eigenvalue weighted by molar-refractivity contribution is 0.0906. The maximum absolute atomic E-state index is 13.8. The summed E-state index contributed by atoms with van der Waals surface area (Å²) in [5.74, 6) is 0.0189. The van der Waals surface area contributed by atoms with E-state index in [0.717, 1.165) is 0 Å². The van der Waals surface area contributed by atoms with Crippen LogP contribution in [0, 0.1) is 11.7 Å². The Morgan fingerprint density at radius 1 is 1.23 bits per heavy atom. The van der Waals surface area contributed by atoms with Crippen LogP contribution in [0.1, 0.15) is 24.4 Å². The number of hydrogen-bond acceptors (Lipinski definition) is 7. The highest BCUT2D eigenvalue weighted by Gasteiger charge is 2.35. The molecule has 8 nitrogen and oxygen atoms in total. The Kier molecular flexibility index (Phi) is 4.48. The van der Waals surface area contributed by atoms with E-state index in [2.05, 4.69) is 25.6 Å². The zero-order valence-electron chi connectivity index (χ0n) is 14.0. The summed E-state index contributed by atoms with van der Waals surface area (Å²) in [6, 6.07) is 6.44. The monoisotopic (exact) mass is 358 g/mol. The molecule has 3 atom stereocenters. The van der Waals surface area contributed by atoms with Crippen molar-refractivity contribution in [1.82, 2.24) is 25.0 Å². The number of halogens is 1. The first-order valence-corrected chi connectivity index (χ1v) is 8.49. The van der Waals surface area contributed by atoms with E-state index in [1.54, 1.807) is 22.9 Å². The number of benzene rings is 1. The van der Waals surface area contributed by atoms with Gasteiger partial charge in [-0.2, -0.15) is 0 Å². The summed E-state index contributed by atoms with van der Waals surface area (Å²) in [5.41, 5.74) is 1.56. The van der Waals surface area contributed by atoms with Crippen molar-refractivity contribution in [2.45, 2.75) is 31.5 Å². The maximum atomic E-state index is 13.8. The molecule has 4 rings (SSSR count). The summed E-state index contributed by atoms with van der Waals surface area (Å²) in [4.78, 5) is 8.45. The second-order valence-corrected chi connectivity index (χ2v) is 6.51. The quantitative estimate of drug-likeness (QED) is 0.630. The molecule has 1 aliphatic carbocycles. The van der Waals surface area contributed by atoms with Gasteiger partial charge in [0.15, 0.2) is 17.0 Å². The smallest absolute Gasteiger partial charge is 0.184 e. The molecule has 9 heteroatoms. The molecular formula is C17H19FN6O2. The SMILES string of the molecule is OCC1CC(n2nnc3c(NCc4ccccc4F)ncnc32)CC1O. The number of anilines is 1. The molecule has 2 aromatic heterocycles. The van der Waals surface area contributed by atoms with Gasteiger partial charge in [0, 0.05) is 24.6 Å². The van der Waals surface area contributed by atoms with E-state index < -0.39 is 6.10 Å². The van der Waals surface area contributed by atoms with Gasteiger partial charge in [-0.25, -0.2) is 19.0 Å². The van der Waals surface area contributed by atoms with Gasteiger partial charge in [-0.05, 0) is 18.9 Å². The standard InChI is InChI=1S/C17H19FN6O2/c18-13-4-2-1-3-10(13)7-19-16-15-17(21-9-20-16)24(23-22-15)12-5-11(8-25)14(26)6-12/h1-4,9,11-12,14,25-26H,5-8H2,(H,19,20,21). The summed E-state index contributed by atoms with van der Waals surface area (Å²) in [5, 5.41) is 30.8. The van der Waals surface area contributed by atoms with E-state index in [0.29, 0.717) is 35.4 Å². The molecule has 3 unspecified atom stereocenters. The summed E-state index contributed by atoms with van der Waals surface area (Å²) < 4.78 is 15.4. The van der Waals surface area contributed by atoms with Crippen molar-refractivity contribution < 1.29 is 14.6 Å². The number of aliphatic hydroxyl groups is 2. The van der Waals surface area contributed by atoms with Crippen LogP contribution in [0.3, 0.4) is 0 Å². The van der Waals surface area contributed by atoms with Crippen molar-refractivity contribution in [2.75, 3.05) is 11.9 Å². The van der Waals surface area contributed by atoms with Crippen LogP contribution in [-0.2, 0) is 6.54 Å². The van der Waals surface area contributed by atoms with E-state index in [-0.39, 0.29) is 30.9 Å². The number of nitrogens with one attached hydrogen (secondary N) is 1. The number of fused-ring (bicyclic) bond motifs is 1. The Morgan fingerprint density at radius 2 is 2.08 bits per heavy atom. The fourth-order valence-corrected chi connectivity index (χ4v) is 3.43. The largest absolute Gasteiger partial charge is 0.396 e. The lowest BCUT2D eigenvalue weighted by Crippen LogP contribution is -2.16. The average molecular weight is 358 g/mol. The summed E-state index contributed by atoms with van der Waals surface area (Å²) >= 11 is 0. The van der Waals surface area contributed by atoms with Crippen molar-refractivity contribution in [3.63, 3.8) is 0 Å². The molecular weight excluding hydrogens is 339 g/mol. The average Bonchev–Trinajstić information content (AvgIpc) is 3.24. The van der Waals surface area contributed by atoms with Gasteiger partial charge >= 0.3 is 0 Å². The Labute approximate surface area is 148 Å². The highest BCUT2D eigenvalue weighted by Crippen LogP contribution is 2.35. The van der Waals surface area contributed by atoms with Crippen LogP contribution >= 0.6 is 0 Å². The van der Waals surface area contributed by atoms with Gasteiger partial charge in [0.05, 0.1) is 12.1 Å². The van der Waals surface area contributed by atoms with E-state index in [4.69, 9.17) is 0 Å². The molecule has 1 aliphatic rings. The van der Waals surface area contributed by atoms with Gasteiger partial charge in [0.2, 0.25) is 0 Å². The van der Waals surface area contributed by atoms with Gasteiger partial charge in [-0.1, -0.05) is 23.4 Å². The van der Waals surface area contributed by atoms with Crippen molar-refractivity contribution >= 4 is 17.0 Å². The lowest BCUT2D eigenvalue weighted by Gasteiger charge is -2.10. The van der Waals surface area contributed by atoms with Crippen molar-refractivity contribution in [3.05, 3.63) is 42.0 Å². The van der Waals surface area contributed by atoms with E-state index in [1.165, 1.54) is 12.4 Å². The Hall–Kier alpha value is -2.65. The number of hydrogen-bond donors (Lipinski definition) is 3. The normalized spacial score (nSPS) is 22.8. The number of nitrogens with zero attached hydrogens (tertiary/aromatic N) is 5. The molecule has 1 saturated carbocycles.